The van der Waals surface area contributed by atoms with E-state index in [2.05, 4.69) is 41.3 Å². The van der Waals surface area contributed by atoms with Gasteiger partial charge < -0.3 is 15.3 Å². The van der Waals surface area contributed by atoms with Gasteiger partial charge in [0.25, 0.3) is 0 Å². The molecule has 3 N–H and O–H groups in total. The lowest BCUT2D eigenvalue weighted by Gasteiger charge is -2.18. The first-order valence-corrected chi connectivity index (χ1v) is 7.20. The van der Waals surface area contributed by atoms with E-state index in [1.54, 1.807) is 0 Å². The quantitative estimate of drug-likeness (QED) is 0.717. The number of H-pyrrole nitrogens is 2. The molecular weight excluding hydrogens is 238 g/mol. The van der Waals surface area contributed by atoms with Gasteiger partial charge >= 0.3 is 5.69 Å². The average molecular weight is 261 g/mol. The first kappa shape index (κ1) is 13.9. The molecule has 0 amide bonds. The van der Waals surface area contributed by atoms with E-state index in [0.29, 0.717) is 6.04 Å². The Morgan fingerprint density at radius 3 is 2.68 bits per heavy atom. The fourth-order valence-electron chi connectivity index (χ4n) is 2.38. The minimum Gasteiger partial charge on any atom is -0.310 e. The molecule has 4 nitrogen and oxygen atoms in total. The number of benzene rings is 1. The number of fused-ring (bicyclic) bond motifs is 1. The van der Waals surface area contributed by atoms with Crippen molar-refractivity contribution >= 4 is 11.0 Å². The molecule has 0 aliphatic rings. The second-order valence-corrected chi connectivity index (χ2v) is 5.03. The van der Waals surface area contributed by atoms with Gasteiger partial charge in [0.2, 0.25) is 0 Å². The van der Waals surface area contributed by atoms with E-state index in [9.17, 15) is 4.79 Å². The predicted molar refractivity (Wildman–Crippen MR) is 79.5 cm³/mol. The van der Waals surface area contributed by atoms with E-state index in [1.165, 1.54) is 18.4 Å². The van der Waals surface area contributed by atoms with Crippen LogP contribution in [0.3, 0.4) is 0 Å². The third-order valence-electron chi connectivity index (χ3n) is 3.43. The number of rotatable bonds is 7. The summed E-state index contributed by atoms with van der Waals surface area (Å²) in [6, 6.07) is 6.54. The Labute approximate surface area is 113 Å². The molecule has 0 bridgehead atoms. The molecule has 0 radical (unpaired) electrons. The number of imidazole rings is 1. The maximum Gasteiger partial charge on any atom is 0.323 e. The van der Waals surface area contributed by atoms with Crippen molar-refractivity contribution in [3.8, 4) is 0 Å². The molecule has 0 saturated carbocycles. The van der Waals surface area contributed by atoms with Crippen LogP contribution in [-0.2, 0) is 0 Å². The predicted octanol–water partition coefficient (Wildman–Crippen LogP) is 3.09. The first-order chi connectivity index (χ1) is 9.24. The molecule has 1 atom stereocenters. The fourth-order valence-corrected chi connectivity index (χ4v) is 2.38. The molecule has 2 rings (SSSR count). The van der Waals surface area contributed by atoms with Gasteiger partial charge in [0.05, 0.1) is 11.0 Å². The van der Waals surface area contributed by atoms with Crippen molar-refractivity contribution in [3.05, 3.63) is 34.2 Å². The second kappa shape index (κ2) is 6.57. The highest BCUT2D eigenvalue weighted by atomic mass is 16.1. The van der Waals surface area contributed by atoms with E-state index in [-0.39, 0.29) is 5.69 Å². The lowest BCUT2D eigenvalue weighted by molar-refractivity contribution is 0.482. The average Bonchev–Trinajstić information content (AvgIpc) is 2.78. The SMILES string of the molecule is CCCCC(NCCC)c1ccc2[nH]c(=O)[nH]c2c1. The summed E-state index contributed by atoms with van der Waals surface area (Å²) in [7, 11) is 0. The van der Waals surface area contributed by atoms with Crippen molar-refractivity contribution in [3.63, 3.8) is 0 Å². The molecule has 19 heavy (non-hydrogen) atoms. The van der Waals surface area contributed by atoms with Gasteiger partial charge in [0.15, 0.2) is 0 Å². The largest absolute Gasteiger partial charge is 0.323 e. The minimum atomic E-state index is -0.140. The Hall–Kier alpha value is -1.55. The molecule has 104 valence electrons. The summed E-state index contributed by atoms with van der Waals surface area (Å²) in [6.45, 7) is 5.41. The minimum absolute atomic E-state index is 0.140. The summed E-state index contributed by atoms with van der Waals surface area (Å²) in [6.07, 6.45) is 4.68. The maximum atomic E-state index is 11.3. The van der Waals surface area contributed by atoms with Crippen LogP contribution >= 0.6 is 0 Å². The Morgan fingerprint density at radius 1 is 1.16 bits per heavy atom. The summed E-state index contributed by atoms with van der Waals surface area (Å²) in [5, 5.41) is 3.59. The van der Waals surface area contributed by atoms with Crippen molar-refractivity contribution in [1.29, 1.82) is 0 Å². The highest BCUT2D eigenvalue weighted by Gasteiger charge is 2.11. The van der Waals surface area contributed by atoms with Crippen LogP contribution in [0.4, 0.5) is 0 Å². The Bertz CT molecular complexity index is 562. The summed E-state index contributed by atoms with van der Waals surface area (Å²) < 4.78 is 0. The van der Waals surface area contributed by atoms with Crippen LogP contribution in [0, 0.1) is 0 Å². The van der Waals surface area contributed by atoms with Gasteiger partial charge in [-0.15, -0.1) is 0 Å². The lowest BCUT2D eigenvalue weighted by atomic mass is 10.0. The van der Waals surface area contributed by atoms with E-state index in [4.69, 9.17) is 0 Å². The van der Waals surface area contributed by atoms with E-state index < -0.39 is 0 Å². The molecule has 0 fully saturated rings. The number of hydrogen-bond acceptors (Lipinski definition) is 2. The smallest absolute Gasteiger partial charge is 0.310 e. The van der Waals surface area contributed by atoms with Gasteiger partial charge in [0, 0.05) is 6.04 Å². The molecule has 0 saturated heterocycles. The van der Waals surface area contributed by atoms with Crippen LogP contribution in [0.15, 0.2) is 23.0 Å². The molecular formula is C15H23N3O. The van der Waals surface area contributed by atoms with Crippen molar-refractivity contribution in [1.82, 2.24) is 15.3 Å². The molecule has 1 aromatic heterocycles. The molecule has 4 heteroatoms. The van der Waals surface area contributed by atoms with E-state index in [0.717, 1.165) is 30.4 Å². The highest BCUT2D eigenvalue weighted by molar-refractivity contribution is 5.75. The zero-order valence-electron chi connectivity index (χ0n) is 11.8. The monoisotopic (exact) mass is 261 g/mol. The third kappa shape index (κ3) is 3.47. The summed E-state index contributed by atoms with van der Waals surface area (Å²) in [4.78, 5) is 16.9. The van der Waals surface area contributed by atoms with Crippen LogP contribution < -0.4 is 11.0 Å². The van der Waals surface area contributed by atoms with Crippen molar-refractivity contribution < 1.29 is 0 Å². The Morgan fingerprint density at radius 2 is 1.95 bits per heavy atom. The zero-order chi connectivity index (χ0) is 13.7. The van der Waals surface area contributed by atoms with Gasteiger partial charge in [-0.2, -0.15) is 0 Å². The number of hydrogen-bond donors (Lipinski definition) is 3. The van der Waals surface area contributed by atoms with E-state index in [1.807, 2.05) is 6.07 Å². The van der Waals surface area contributed by atoms with Crippen LogP contribution in [0.5, 0.6) is 0 Å². The Balaban J connectivity index is 2.23. The third-order valence-corrected chi connectivity index (χ3v) is 3.43. The number of aromatic amines is 2. The summed E-state index contributed by atoms with van der Waals surface area (Å²) in [5.41, 5.74) is 2.88. The van der Waals surface area contributed by atoms with Crippen molar-refractivity contribution in [2.75, 3.05) is 6.54 Å². The normalized spacial score (nSPS) is 12.9. The number of nitrogens with one attached hydrogen (secondary N) is 3. The van der Waals surface area contributed by atoms with Crippen molar-refractivity contribution in [2.45, 2.75) is 45.6 Å². The molecule has 1 heterocycles. The van der Waals surface area contributed by atoms with Gasteiger partial charge in [0.1, 0.15) is 0 Å². The number of aromatic nitrogens is 2. The molecule has 1 aromatic carbocycles. The van der Waals surface area contributed by atoms with Crippen LogP contribution in [-0.4, -0.2) is 16.5 Å². The van der Waals surface area contributed by atoms with Crippen LogP contribution in [0.2, 0.25) is 0 Å². The lowest BCUT2D eigenvalue weighted by Crippen LogP contribution is -2.22. The molecule has 0 spiro atoms. The maximum absolute atomic E-state index is 11.3. The summed E-state index contributed by atoms with van der Waals surface area (Å²) in [5.74, 6) is 0. The molecule has 0 aliphatic carbocycles. The summed E-state index contributed by atoms with van der Waals surface area (Å²) >= 11 is 0. The zero-order valence-corrected chi connectivity index (χ0v) is 11.8. The van der Waals surface area contributed by atoms with Crippen molar-refractivity contribution in [2.24, 2.45) is 0 Å². The van der Waals surface area contributed by atoms with Gasteiger partial charge in [-0.3, -0.25) is 0 Å². The molecule has 1 unspecified atom stereocenters. The number of unbranched alkanes of at least 4 members (excludes halogenated alkanes) is 1. The van der Waals surface area contributed by atoms with Crippen LogP contribution in [0.1, 0.15) is 51.1 Å². The first-order valence-electron chi connectivity index (χ1n) is 7.20. The Kier molecular flexibility index (Phi) is 4.80. The fraction of sp³-hybridized carbons (Fsp3) is 0.533. The highest BCUT2D eigenvalue weighted by Crippen LogP contribution is 2.22. The molecule has 2 aromatic rings. The van der Waals surface area contributed by atoms with Gasteiger partial charge in [-0.25, -0.2) is 4.79 Å². The van der Waals surface area contributed by atoms with Gasteiger partial charge in [-0.1, -0.05) is 32.8 Å². The topological polar surface area (TPSA) is 60.7 Å². The van der Waals surface area contributed by atoms with Crippen LogP contribution in [0.25, 0.3) is 11.0 Å². The second-order valence-electron chi connectivity index (χ2n) is 5.03. The molecule has 0 aliphatic heterocycles. The van der Waals surface area contributed by atoms with Gasteiger partial charge in [-0.05, 0) is 37.1 Å². The van der Waals surface area contributed by atoms with E-state index >= 15 is 0 Å². The standard InChI is InChI=1S/C15H23N3O/c1-3-5-6-12(16-9-4-2)11-7-8-13-14(10-11)18-15(19)17-13/h7-8,10,12,16H,3-6,9H2,1-2H3,(H2,17,18,19).